The molecule has 3 aliphatic rings. The van der Waals surface area contributed by atoms with Crippen molar-refractivity contribution in [1.29, 1.82) is 0 Å². The van der Waals surface area contributed by atoms with E-state index in [0.29, 0.717) is 6.42 Å². The lowest BCUT2D eigenvalue weighted by molar-refractivity contribution is -0.193. The van der Waals surface area contributed by atoms with Crippen molar-refractivity contribution >= 4 is 5.97 Å². The van der Waals surface area contributed by atoms with Crippen molar-refractivity contribution in [2.45, 2.75) is 78.0 Å². The number of hydrogen-bond donors (Lipinski definition) is 0. The minimum Gasteiger partial charge on any atom is -0.455 e. The maximum absolute atomic E-state index is 13.4. The lowest BCUT2D eigenvalue weighted by Crippen LogP contribution is -2.62. The Bertz CT molecular complexity index is 665. The highest BCUT2D eigenvalue weighted by Gasteiger charge is 2.67. The van der Waals surface area contributed by atoms with Crippen molar-refractivity contribution in [3.8, 4) is 0 Å². The molecule has 2 aliphatic carbocycles. The normalized spacial score (nSPS) is 40.9. The maximum atomic E-state index is 13.4. The average Bonchev–Trinajstić information content (AvgIpc) is 2.81. The smallest absolute Gasteiger partial charge is 0.303 e. The Labute approximate surface area is 153 Å². The summed E-state index contributed by atoms with van der Waals surface area (Å²) in [5.74, 6) is -1.73. The predicted molar refractivity (Wildman–Crippen MR) is 92.4 cm³/mol. The fourth-order valence-corrected chi connectivity index (χ4v) is 5.14. The third-order valence-electron chi connectivity index (χ3n) is 6.23. The van der Waals surface area contributed by atoms with Gasteiger partial charge in [0, 0.05) is 12.8 Å². The van der Waals surface area contributed by atoms with Crippen molar-refractivity contribution in [3.63, 3.8) is 0 Å². The van der Waals surface area contributed by atoms with Crippen LogP contribution >= 0.6 is 0 Å². The summed E-state index contributed by atoms with van der Waals surface area (Å²) < 4.78 is 45.1. The molecule has 6 heteroatoms. The molecule has 1 saturated heterocycles. The van der Waals surface area contributed by atoms with Gasteiger partial charge < -0.3 is 14.2 Å². The summed E-state index contributed by atoms with van der Waals surface area (Å²) in [6.07, 6.45) is 0.705. The van der Waals surface area contributed by atoms with Crippen LogP contribution in [0.1, 0.15) is 54.4 Å². The lowest BCUT2D eigenvalue weighted by Gasteiger charge is -2.54. The molecule has 0 N–H and O–H groups in total. The molecule has 1 saturated carbocycles. The number of allylic oxidation sites excluding steroid dienone is 1. The number of halogens is 2. The SMILES string of the molecule is CC(=O)O[C@@H]1C(C)=C[C@H]2[C@@H](C(C)=C(F)F)CC[C@@H](C)[C@]23OC(C)(C)O[C@@H]13. The Kier molecular flexibility index (Phi) is 4.81. The second-order valence-corrected chi connectivity index (χ2v) is 8.39. The van der Waals surface area contributed by atoms with Gasteiger partial charge in [-0.05, 0) is 63.5 Å². The number of carbonyl (C=O) groups is 1. The van der Waals surface area contributed by atoms with Gasteiger partial charge in [0.2, 0.25) is 0 Å². The van der Waals surface area contributed by atoms with Crippen LogP contribution in [0.3, 0.4) is 0 Å². The van der Waals surface area contributed by atoms with E-state index >= 15 is 0 Å². The number of rotatable bonds is 2. The zero-order chi connectivity index (χ0) is 19.4. The van der Waals surface area contributed by atoms with Crippen molar-refractivity contribution in [2.24, 2.45) is 17.8 Å². The molecule has 0 radical (unpaired) electrons. The number of hydrogen-bond acceptors (Lipinski definition) is 4. The van der Waals surface area contributed by atoms with Crippen molar-refractivity contribution in [3.05, 3.63) is 23.3 Å². The van der Waals surface area contributed by atoms with Gasteiger partial charge in [-0.1, -0.05) is 13.0 Å². The van der Waals surface area contributed by atoms with Crippen LogP contribution in [-0.4, -0.2) is 29.6 Å². The summed E-state index contributed by atoms with van der Waals surface area (Å²) in [6, 6.07) is 0. The molecule has 0 aromatic heterocycles. The molecule has 1 spiro atoms. The van der Waals surface area contributed by atoms with E-state index in [1.807, 2.05) is 26.8 Å². The van der Waals surface area contributed by atoms with Crippen LogP contribution in [0.5, 0.6) is 0 Å². The van der Waals surface area contributed by atoms with Crippen molar-refractivity contribution in [2.75, 3.05) is 0 Å². The van der Waals surface area contributed by atoms with E-state index in [1.54, 1.807) is 0 Å². The van der Waals surface area contributed by atoms with Crippen molar-refractivity contribution < 1.29 is 27.8 Å². The first kappa shape index (κ1) is 19.5. The molecule has 3 rings (SSSR count). The molecular weight excluding hydrogens is 342 g/mol. The average molecular weight is 370 g/mol. The number of esters is 1. The molecule has 0 amide bonds. The summed E-state index contributed by atoms with van der Waals surface area (Å²) in [7, 11) is 0. The molecule has 146 valence electrons. The number of ether oxygens (including phenoxy) is 3. The fraction of sp³-hybridized carbons (Fsp3) is 0.750. The van der Waals surface area contributed by atoms with Gasteiger partial charge in [-0.25, -0.2) is 0 Å². The molecule has 4 nitrogen and oxygen atoms in total. The van der Waals surface area contributed by atoms with Crippen LogP contribution in [0.15, 0.2) is 23.3 Å². The summed E-state index contributed by atoms with van der Waals surface area (Å²) in [5, 5.41) is 0. The Morgan fingerprint density at radius 3 is 2.50 bits per heavy atom. The Hall–Kier alpha value is -1.27. The third-order valence-corrected chi connectivity index (χ3v) is 6.23. The minimum atomic E-state index is -1.62. The second-order valence-electron chi connectivity index (χ2n) is 8.39. The van der Waals surface area contributed by atoms with Crippen LogP contribution in [-0.2, 0) is 19.0 Å². The Morgan fingerprint density at radius 1 is 1.27 bits per heavy atom. The van der Waals surface area contributed by atoms with Crippen LogP contribution < -0.4 is 0 Å². The highest BCUT2D eigenvalue weighted by atomic mass is 19.3. The standard InChI is InChI=1S/C20H28F2O4/c1-10-9-15-14(12(3)18(21)22)8-7-11(2)20(15)17(16(10)24-13(4)23)25-19(5,6)26-20/h9,11,14-17H,7-8H2,1-6H3/t11-,14-,15+,16-,17+,20+/m1/s1. The summed E-state index contributed by atoms with van der Waals surface area (Å²) >= 11 is 0. The van der Waals surface area contributed by atoms with E-state index < -0.39 is 35.6 Å². The second kappa shape index (κ2) is 6.41. The van der Waals surface area contributed by atoms with Crippen LogP contribution in [0.25, 0.3) is 0 Å². The molecule has 0 aromatic rings. The predicted octanol–water partition coefficient (Wildman–Crippen LogP) is 4.60. The summed E-state index contributed by atoms with van der Waals surface area (Å²) in [4.78, 5) is 11.7. The topological polar surface area (TPSA) is 44.8 Å². The molecule has 0 aromatic carbocycles. The first-order chi connectivity index (χ1) is 12.0. The molecule has 1 heterocycles. The zero-order valence-corrected chi connectivity index (χ0v) is 16.3. The first-order valence-electron chi connectivity index (χ1n) is 9.25. The zero-order valence-electron chi connectivity index (χ0n) is 16.3. The van der Waals surface area contributed by atoms with Gasteiger partial charge in [-0.3, -0.25) is 4.79 Å². The van der Waals surface area contributed by atoms with E-state index in [0.717, 1.165) is 12.0 Å². The molecule has 2 fully saturated rings. The summed E-state index contributed by atoms with van der Waals surface area (Å²) in [5.41, 5.74) is 0.157. The quantitative estimate of drug-likeness (QED) is 0.526. The molecular formula is C20H28F2O4. The molecule has 1 aliphatic heterocycles. The molecule has 0 unspecified atom stereocenters. The summed E-state index contributed by atoms with van der Waals surface area (Å²) in [6.45, 7) is 10.5. The fourth-order valence-electron chi connectivity index (χ4n) is 5.14. The van der Waals surface area contributed by atoms with Crippen molar-refractivity contribution in [1.82, 2.24) is 0 Å². The third kappa shape index (κ3) is 2.91. The van der Waals surface area contributed by atoms with E-state index in [2.05, 4.69) is 6.92 Å². The van der Waals surface area contributed by atoms with Crippen LogP contribution in [0.4, 0.5) is 8.78 Å². The molecule has 0 bridgehead atoms. The molecule has 6 atom stereocenters. The monoisotopic (exact) mass is 370 g/mol. The Balaban J connectivity index is 2.15. The Morgan fingerprint density at radius 2 is 1.92 bits per heavy atom. The first-order valence-corrected chi connectivity index (χ1v) is 9.25. The number of carbonyl (C=O) groups excluding carboxylic acids is 1. The molecule has 26 heavy (non-hydrogen) atoms. The van der Waals surface area contributed by atoms with Gasteiger partial charge in [-0.2, -0.15) is 8.78 Å². The minimum absolute atomic E-state index is 0.0911. The van der Waals surface area contributed by atoms with Crippen LogP contribution in [0.2, 0.25) is 0 Å². The van der Waals surface area contributed by atoms with Gasteiger partial charge in [0.25, 0.3) is 6.08 Å². The van der Waals surface area contributed by atoms with Gasteiger partial charge in [0.05, 0.1) is 0 Å². The van der Waals surface area contributed by atoms with E-state index in [-0.39, 0.29) is 23.3 Å². The highest BCUT2D eigenvalue weighted by molar-refractivity contribution is 5.66. The highest BCUT2D eigenvalue weighted by Crippen LogP contribution is 2.59. The largest absolute Gasteiger partial charge is 0.455 e. The van der Waals surface area contributed by atoms with Gasteiger partial charge >= 0.3 is 5.97 Å². The maximum Gasteiger partial charge on any atom is 0.303 e. The van der Waals surface area contributed by atoms with Crippen LogP contribution in [0, 0.1) is 17.8 Å². The van der Waals surface area contributed by atoms with Gasteiger partial charge in [0.15, 0.2) is 11.9 Å². The van der Waals surface area contributed by atoms with E-state index in [9.17, 15) is 13.6 Å². The van der Waals surface area contributed by atoms with E-state index in [1.165, 1.54) is 13.8 Å². The van der Waals surface area contributed by atoms with Gasteiger partial charge in [0.1, 0.15) is 11.7 Å². The van der Waals surface area contributed by atoms with Gasteiger partial charge in [-0.15, -0.1) is 0 Å². The van der Waals surface area contributed by atoms with E-state index in [4.69, 9.17) is 14.2 Å². The lowest BCUT2D eigenvalue weighted by atomic mass is 9.56.